The Bertz CT molecular complexity index is 1030. The number of para-hydroxylation sites is 2. The van der Waals surface area contributed by atoms with Gasteiger partial charge in [0, 0.05) is 25.3 Å². The molecule has 7 nitrogen and oxygen atoms in total. The number of aromatic carboxylic acids is 1. The van der Waals surface area contributed by atoms with E-state index in [0.29, 0.717) is 23.9 Å². The van der Waals surface area contributed by atoms with Gasteiger partial charge < -0.3 is 15.0 Å². The minimum Gasteiger partial charge on any atom is -0.478 e. The summed E-state index contributed by atoms with van der Waals surface area (Å²) in [6.07, 6.45) is 2.88. The van der Waals surface area contributed by atoms with E-state index in [1.807, 2.05) is 33.7 Å². The van der Waals surface area contributed by atoms with Gasteiger partial charge in [-0.1, -0.05) is 23.7 Å². The molecule has 0 unspecified atom stereocenters. The van der Waals surface area contributed by atoms with Gasteiger partial charge in [-0.2, -0.15) is 0 Å². The number of hydrogen-bond acceptors (Lipinski definition) is 4. The third kappa shape index (κ3) is 2.84. The van der Waals surface area contributed by atoms with Crippen LogP contribution >= 0.6 is 11.6 Å². The predicted molar refractivity (Wildman–Crippen MR) is 99.2 cm³/mol. The summed E-state index contributed by atoms with van der Waals surface area (Å²) >= 11 is 6.22. The number of carboxylic acid groups (broad SMARTS) is 1. The highest BCUT2D eigenvalue weighted by Gasteiger charge is 2.25. The molecule has 2 aromatic heterocycles. The molecular formula is C18H17ClN4O3. The van der Waals surface area contributed by atoms with Gasteiger partial charge in [-0.3, -0.25) is 4.57 Å². The molecular weight excluding hydrogens is 356 g/mol. The number of nitrogens with zero attached hydrogens (tertiary/aromatic N) is 3. The van der Waals surface area contributed by atoms with Gasteiger partial charge in [-0.25, -0.2) is 14.6 Å². The maximum Gasteiger partial charge on any atom is 0.337 e. The molecule has 0 aliphatic carbocycles. The number of hydrogen-bond donors (Lipinski definition) is 2. The first-order chi connectivity index (χ1) is 12.5. The monoisotopic (exact) mass is 372 g/mol. The maximum absolute atomic E-state index is 12.3. The molecule has 3 aromatic rings. The summed E-state index contributed by atoms with van der Waals surface area (Å²) in [6, 6.07) is 9.20. The van der Waals surface area contributed by atoms with E-state index in [4.69, 9.17) is 16.7 Å². The molecule has 1 aliphatic rings. The lowest BCUT2D eigenvalue weighted by molar-refractivity contribution is 0.0696. The van der Waals surface area contributed by atoms with E-state index in [-0.39, 0.29) is 17.3 Å². The Morgan fingerprint density at radius 2 is 2.00 bits per heavy atom. The third-order valence-corrected chi connectivity index (χ3v) is 5.10. The summed E-state index contributed by atoms with van der Waals surface area (Å²) in [6.45, 7) is 1.38. The Kier molecular flexibility index (Phi) is 4.16. The van der Waals surface area contributed by atoms with E-state index in [2.05, 4.69) is 9.97 Å². The number of halogens is 1. The van der Waals surface area contributed by atoms with E-state index < -0.39 is 5.97 Å². The van der Waals surface area contributed by atoms with Crippen molar-refractivity contribution in [1.82, 2.24) is 14.5 Å². The molecule has 26 heavy (non-hydrogen) atoms. The molecule has 0 spiro atoms. The van der Waals surface area contributed by atoms with Crippen LogP contribution in [0.5, 0.6) is 0 Å². The first-order valence-electron chi connectivity index (χ1n) is 8.37. The van der Waals surface area contributed by atoms with E-state index in [1.54, 1.807) is 0 Å². The third-order valence-electron chi connectivity index (χ3n) is 4.82. The molecule has 1 saturated heterocycles. The fraction of sp³-hybridized carbons (Fsp3) is 0.278. The maximum atomic E-state index is 12.3. The number of aromatic amines is 1. The standard InChI is InChI=1S/C18H17ClN4O3/c19-13-9-11(17(24)25)10-20-16(13)22-7-5-12(6-8-22)23-15-4-2-1-3-14(15)21-18(23)26/h1-4,9-10,12H,5-8H2,(H,21,26)(H,24,25). The van der Waals surface area contributed by atoms with Crippen molar-refractivity contribution in [2.45, 2.75) is 18.9 Å². The molecule has 134 valence electrons. The van der Waals surface area contributed by atoms with Gasteiger partial charge in [0.25, 0.3) is 0 Å². The molecule has 4 rings (SSSR count). The van der Waals surface area contributed by atoms with Crippen molar-refractivity contribution in [3.63, 3.8) is 0 Å². The number of aromatic nitrogens is 3. The highest BCUT2D eigenvalue weighted by atomic mass is 35.5. The topological polar surface area (TPSA) is 91.2 Å². The minimum absolute atomic E-state index is 0.0685. The largest absolute Gasteiger partial charge is 0.478 e. The van der Waals surface area contributed by atoms with Crippen LogP contribution in [0.3, 0.4) is 0 Å². The number of carboxylic acids is 1. The SMILES string of the molecule is O=C(O)c1cnc(N2CCC(n3c(=O)[nH]c4ccccc43)CC2)c(Cl)c1. The molecule has 0 saturated carbocycles. The van der Waals surface area contributed by atoms with Crippen molar-refractivity contribution in [2.24, 2.45) is 0 Å². The molecule has 0 radical (unpaired) electrons. The zero-order chi connectivity index (χ0) is 18.3. The van der Waals surface area contributed by atoms with E-state index in [1.165, 1.54) is 12.3 Å². The van der Waals surface area contributed by atoms with Crippen LogP contribution in [-0.2, 0) is 0 Å². The molecule has 0 atom stereocenters. The Morgan fingerprint density at radius 1 is 1.27 bits per heavy atom. The van der Waals surface area contributed by atoms with Crippen molar-refractivity contribution >= 4 is 34.4 Å². The molecule has 0 bridgehead atoms. The lowest BCUT2D eigenvalue weighted by Crippen LogP contribution is -2.37. The van der Waals surface area contributed by atoms with Crippen molar-refractivity contribution < 1.29 is 9.90 Å². The van der Waals surface area contributed by atoms with Crippen LogP contribution in [0, 0.1) is 0 Å². The van der Waals surface area contributed by atoms with Gasteiger partial charge in [0.05, 0.1) is 21.6 Å². The number of rotatable bonds is 3. The first kappa shape index (κ1) is 16.7. The fourth-order valence-electron chi connectivity index (χ4n) is 3.55. The zero-order valence-electron chi connectivity index (χ0n) is 13.9. The Morgan fingerprint density at radius 3 is 2.69 bits per heavy atom. The van der Waals surface area contributed by atoms with Gasteiger partial charge in [0.2, 0.25) is 0 Å². The van der Waals surface area contributed by atoms with Gasteiger partial charge in [0.15, 0.2) is 0 Å². The van der Waals surface area contributed by atoms with Gasteiger partial charge in [-0.05, 0) is 31.0 Å². The van der Waals surface area contributed by atoms with Gasteiger partial charge >= 0.3 is 11.7 Å². The van der Waals surface area contributed by atoms with Gasteiger partial charge in [0.1, 0.15) is 5.82 Å². The van der Waals surface area contributed by atoms with E-state index >= 15 is 0 Å². The normalized spacial score (nSPS) is 15.5. The number of fused-ring (bicyclic) bond motifs is 1. The molecule has 1 fully saturated rings. The Balaban J connectivity index is 1.55. The molecule has 1 aromatic carbocycles. The lowest BCUT2D eigenvalue weighted by Gasteiger charge is -2.33. The van der Waals surface area contributed by atoms with Crippen LogP contribution < -0.4 is 10.6 Å². The Hall–Kier alpha value is -2.80. The summed E-state index contributed by atoms with van der Waals surface area (Å²) in [7, 11) is 0. The molecule has 2 N–H and O–H groups in total. The molecule has 1 aliphatic heterocycles. The van der Waals surface area contributed by atoms with Crippen LogP contribution in [0.25, 0.3) is 11.0 Å². The second-order valence-electron chi connectivity index (χ2n) is 6.37. The summed E-state index contributed by atoms with van der Waals surface area (Å²) in [5.41, 5.74) is 1.73. The fourth-order valence-corrected chi connectivity index (χ4v) is 3.84. The number of anilines is 1. The summed E-state index contributed by atoms with van der Waals surface area (Å²) in [5, 5.41) is 9.34. The molecule has 0 amide bonds. The zero-order valence-corrected chi connectivity index (χ0v) is 14.6. The number of benzene rings is 1. The number of carbonyl (C=O) groups is 1. The average molecular weight is 373 g/mol. The number of imidazole rings is 1. The smallest absolute Gasteiger partial charge is 0.337 e. The number of H-pyrrole nitrogens is 1. The van der Waals surface area contributed by atoms with Crippen LogP contribution in [0.4, 0.5) is 5.82 Å². The van der Waals surface area contributed by atoms with Crippen molar-refractivity contribution in [3.05, 3.63) is 57.6 Å². The van der Waals surface area contributed by atoms with E-state index in [9.17, 15) is 9.59 Å². The van der Waals surface area contributed by atoms with Crippen LogP contribution in [-0.4, -0.2) is 38.7 Å². The van der Waals surface area contributed by atoms with Crippen molar-refractivity contribution in [1.29, 1.82) is 0 Å². The van der Waals surface area contributed by atoms with Crippen LogP contribution in [0.2, 0.25) is 5.02 Å². The quantitative estimate of drug-likeness (QED) is 0.737. The van der Waals surface area contributed by atoms with Crippen LogP contribution in [0.1, 0.15) is 29.2 Å². The highest BCUT2D eigenvalue weighted by molar-refractivity contribution is 6.33. The lowest BCUT2D eigenvalue weighted by atomic mass is 10.0. The summed E-state index contributed by atoms with van der Waals surface area (Å²) in [5.74, 6) is -0.468. The Labute approximate surface area is 153 Å². The van der Waals surface area contributed by atoms with Crippen molar-refractivity contribution in [3.8, 4) is 0 Å². The average Bonchev–Trinajstić information content (AvgIpc) is 2.97. The van der Waals surface area contributed by atoms with Crippen LogP contribution in [0.15, 0.2) is 41.3 Å². The molecule has 8 heteroatoms. The highest BCUT2D eigenvalue weighted by Crippen LogP contribution is 2.30. The second kappa shape index (κ2) is 6.49. The minimum atomic E-state index is -1.05. The number of nitrogens with one attached hydrogen (secondary N) is 1. The number of pyridine rings is 1. The first-order valence-corrected chi connectivity index (χ1v) is 8.75. The van der Waals surface area contributed by atoms with Gasteiger partial charge in [-0.15, -0.1) is 0 Å². The molecule has 3 heterocycles. The summed E-state index contributed by atoms with van der Waals surface area (Å²) < 4.78 is 1.83. The summed E-state index contributed by atoms with van der Waals surface area (Å²) in [4.78, 5) is 32.5. The number of piperidine rings is 1. The second-order valence-corrected chi connectivity index (χ2v) is 6.78. The predicted octanol–water partition coefficient (Wildman–Crippen LogP) is 2.92. The van der Waals surface area contributed by atoms with E-state index in [0.717, 1.165) is 23.9 Å². The van der Waals surface area contributed by atoms with Crippen molar-refractivity contribution in [2.75, 3.05) is 18.0 Å².